The standard InChI is InChI=1S/C11H19Br/c1-10-6-3-4-7-11(10,2)8-5-9-12/h1,3-9H2,2H3. The van der Waals surface area contributed by atoms with Crippen LogP contribution >= 0.6 is 15.9 Å². The van der Waals surface area contributed by atoms with Gasteiger partial charge in [0, 0.05) is 5.33 Å². The van der Waals surface area contributed by atoms with Gasteiger partial charge in [0.25, 0.3) is 0 Å². The smallest absolute Gasteiger partial charge is 0.00316 e. The van der Waals surface area contributed by atoms with Crippen molar-refractivity contribution in [3.05, 3.63) is 12.2 Å². The molecular formula is C11H19Br. The molecule has 1 heteroatoms. The Morgan fingerprint density at radius 2 is 2.25 bits per heavy atom. The Kier molecular flexibility index (Phi) is 3.82. The number of alkyl halides is 1. The average molecular weight is 231 g/mol. The molecule has 0 aliphatic heterocycles. The van der Waals surface area contributed by atoms with Gasteiger partial charge in [0.2, 0.25) is 0 Å². The maximum absolute atomic E-state index is 4.20. The van der Waals surface area contributed by atoms with E-state index >= 15 is 0 Å². The molecule has 1 fully saturated rings. The molecule has 1 aliphatic rings. The fraction of sp³-hybridized carbons (Fsp3) is 0.818. The minimum absolute atomic E-state index is 0.464. The Bertz CT molecular complexity index is 162. The molecule has 0 bridgehead atoms. The van der Waals surface area contributed by atoms with Gasteiger partial charge in [-0.3, -0.25) is 0 Å². The highest BCUT2D eigenvalue weighted by atomic mass is 79.9. The van der Waals surface area contributed by atoms with Crippen molar-refractivity contribution in [2.45, 2.75) is 45.4 Å². The Labute approximate surface area is 84.6 Å². The van der Waals surface area contributed by atoms with Crippen LogP contribution in [0.15, 0.2) is 12.2 Å². The predicted molar refractivity (Wildman–Crippen MR) is 58.7 cm³/mol. The minimum Gasteiger partial charge on any atom is -0.0993 e. The van der Waals surface area contributed by atoms with Gasteiger partial charge in [-0.15, -0.1) is 0 Å². The molecule has 0 N–H and O–H groups in total. The number of halogens is 1. The zero-order valence-electron chi connectivity index (χ0n) is 8.03. The van der Waals surface area contributed by atoms with Crippen LogP contribution in [0.5, 0.6) is 0 Å². The Morgan fingerprint density at radius 3 is 2.83 bits per heavy atom. The summed E-state index contributed by atoms with van der Waals surface area (Å²) in [4.78, 5) is 0. The summed E-state index contributed by atoms with van der Waals surface area (Å²) >= 11 is 3.49. The summed E-state index contributed by atoms with van der Waals surface area (Å²) in [6.07, 6.45) is 7.99. The summed E-state index contributed by atoms with van der Waals surface area (Å²) in [5.74, 6) is 0. The van der Waals surface area contributed by atoms with Gasteiger partial charge in [0.05, 0.1) is 0 Å². The third-order valence-electron chi connectivity index (χ3n) is 3.17. The average Bonchev–Trinajstić information content (AvgIpc) is 2.07. The maximum Gasteiger partial charge on any atom is 0.00316 e. The molecule has 70 valence electrons. The third-order valence-corrected chi connectivity index (χ3v) is 3.73. The van der Waals surface area contributed by atoms with Crippen molar-refractivity contribution in [3.63, 3.8) is 0 Å². The number of hydrogen-bond donors (Lipinski definition) is 0. The van der Waals surface area contributed by atoms with Gasteiger partial charge >= 0.3 is 0 Å². The highest BCUT2D eigenvalue weighted by Crippen LogP contribution is 2.42. The van der Waals surface area contributed by atoms with E-state index in [1.165, 1.54) is 44.1 Å². The molecule has 1 rings (SSSR count). The molecule has 0 aromatic rings. The zero-order chi connectivity index (χ0) is 9.03. The lowest BCUT2D eigenvalue weighted by atomic mass is 9.70. The third kappa shape index (κ3) is 2.35. The number of hydrogen-bond acceptors (Lipinski definition) is 0. The summed E-state index contributed by atoms with van der Waals surface area (Å²) < 4.78 is 0. The first-order chi connectivity index (χ1) is 5.69. The SMILES string of the molecule is C=C1CCCCC1(C)CCCBr. The highest BCUT2D eigenvalue weighted by Gasteiger charge is 2.29. The second-order valence-electron chi connectivity index (χ2n) is 4.16. The van der Waals surface area contributed by atoms with E-state index in [0.29, 0.717) is 5.41 Å². The van der Waals surface area contributed by atoms with Gasteiger partial charge in [-0.25, -0.2) is 0 Å². The van der Waals surface area contributed by atoms with Crippen LogP contribution in [0, 0.1) is 5.41 Å². The zero-order valence-corrected chi connectivity index (χ0v) is 9.62. The van der Waals surface area contributed by atoms with E-state index in [4.69, 9.17) is 0 Å². The second kappa shape index (κ2) is 4.45. The van der Waals surface area contributed by atoms with E-state index < -0.39 is 0 Å². The van der Waals surface area contributed by atoms with Crippen molar-refractivity contribution in [3.8, 4) is 0 Å². The molecule has 12 heavy (non-hydrogen) atoms. The van der Waals surface area contributed by atoms with Crippen LogP contribution in [0.1, 0.15) is 45.4 Å². The van der Waals surface area contributed by atoms with Crippen LogP contribution < -0.4 is 0 Å². The summed E-state index contributed by atoms with van der Waals surface area (Å²) in [6.45, 7) is 6.59. The molecule has 1 atom stereocenters. The lowest BCUT2D eigenvalue weighted by Crippen LogP contribution is -2.22. The second-order valence-corrected chi connectivity index (χ2v) is 4.96. The lowest BCUT2D eigenvalue weighted by molar-refractivity contribution is 0.281. The van der Waals surface area contributed by atoms with Crippen LogP contribution in [-0.2, 0) is 0 Å². The molecule has 1 aliphatic carbocycles. The molecule has 0 spiro atoms. The summed E-state index contributed by atoms with van der Waals surface area (Å²) in [7, 11) is 0. The fourth-order valence-electron chi connectivity index (χ4n) is 2.09. The Balaban J connectivity index is 2.48. The highest BCUT2D eigenvalue weighted by molar-refractivity contribution is 9.09. The van der Waals surface area contributed by atoms with E-state index in [-0.39, 0.29) is 0 Å². The lowest BCUT2D eigenvalue weighted by Gasteiger charge is -2.36. The van der Waals surface area contributed by atoms with E-state index in [9.17, 15) is 0 Å². The van der Waals surface area contributed by atoms with Gasteiger partial charge < -0.3 is 0 Å². The van der Waals surface area contributed by atoms with Crippen molar-refractivity contribution in [1.29, 1.82) is 0 Å². The number of rotatable bonds is 3. The van der Waals surface area contributed by atoms with Gasteiger partial charge in [-0.1, -0.05) is 41.4 Å². The molecule has 0 aromatic carbocycles. The first-order valence-corrected chi connectivity index (χ1v) is 6.05. The van der Waals surface area contributed by atoms with Crippen LogP contribution in [0.2, 0.25) is 0 Å². The quantitative estimate of drug-likeness (QED) is 0.501. The predicted octanol–water partition coefficient (Wildman–Crippen LogP) is 4.30. The van der Waals surface area contributed by atoms with Crippen LogP contribution in [-0.4, -0.2) is 5.33 Å². The van der Waals surface area contributed by atoms with Crippen molar-refractivity contribution in [1.82, 2.24) is 0 Å². The van der Waals surface area contributed by atoms with Gasteiger partial charge in [-0.05, 0) is 37.5 Å². The van der Waals surface area contributed by atoms with E-state index in [1.807, 2.05) is 0 Å². The molecular weight excluding hydrogens is 212 g/mol. The molecule has 0 radical (unpaired) electrons. The number of allylic oxidation sites excluding steroid dienone is 1. The largest absolute Gasteiger partial charge is 0.0993 e. The molecule has 0 saturated heterocycles. The normalized spacial score (nSPS) is 30.7. The van der Waals surface area contributed by atoms with Gasteiger partial charge in [-0.2, -0.15) is 0 Å². The first-order valence-electron chi connectivity index (χ1n) is 4.93. The first kappa shape index (κ1) is 10.3. The monoisotopic (exact) mass is 230 g/mol. The maximum atomic E-state index is 4.20. The van der Waals surface area contributed by atoms with Crippen molar-refractivity contribution in [2.75, 3.05) is 5.33 Å². The van der Waals surface area contributed by atoms with E-state index in [1.54, 1.807) is 0 Å². The summed E-state index contributed by atoms with van der Waals surface area (Å²) in [5.41, 5.74) is 1.96. The molecule has 0 amide bonds. The van der Waals surface area contributed by atoms with Gasteiger partial charge in [0.15, 0.2) is 0 Å². The molecule has 0 nitrogen and oxygen atoms in total. The van der Waals surface area contributed by atoms with Gasteiger partial charge in [0.1, 0.15) is 0 Å². The molecule has 0 aromatic heterocycles. The van der Waals surface area contributed by atoms with Crippen molar-refractivity contribution in [2.24, 2.45) is 5.41 Å². The van der Waals surface area contributed by atoms with Crippen molar-refractivity contribution >= 4 is 15.9 Å². The summed E-state index contributed by atoms with van der Waals surface area (Å²) in [6, 6.07) is 0. The molecule has 1 unspecified atom stereocenters. The minimum atomic E-state index is 0.464. The summed E-state index contributed by atoms with van der Waals surface area (Å²) in [5, 5.41) is 1.13. The van der Waals surface area contributed by atoms with E-state index in [0.717, 1.165) is 5.33 Å². The molecule has 1 saturated carbocycles. The van der Waals surface area contributed by atoms with Crippen LogP contribution in [0.4, 0.5) is 0 Å². The van der Waals surface area contributed by atoms with E-state index in [2.05, 4.69) is 29.4 Å². The Morgan fingerprint density at radius 1 is 1.50 bits per heavy atom. The Hall–Kier alpha value is 0.220. The fourth-order valence-corrected chi connectivity index (χ4v) is 2.37. The molecule has 0 heterocycles. The topological polar surface area (TPSA) is 0 Å². The van der Waals surface area contributed by atoms with Crippen LogP contribution in [0.25, 0.3) is 0 Å². The van der Waals surface area contributed by atoms with Crippen molar-refractivity contribution < 1.29 is 0 Å². The van der Waals surface area contributed by atoms with Crippen LogP contribution in [0.3, 0.4) is 0 Å².